The summed E-state index contributed by atoms with van der Waals surface area (Å²) in [4.78, 5) is 0. The van der Waals surface area contributed by atoms with Crippen molar-refractivity contribution in [3.63, 3.8) is 0 Å². The largest absolute Gasteiger partial charge is 0.572 e. The zero-order valence-corrected chi connectivity index (χ0v) is 6.13. The van der Waals surface area contributed by atoms with Crippen molar-refractivity contribution in [1.29, 1.82) is 0 Å². The van der Waals surface area contributed by atoms with E-state index in [9.17, 15) is 9.11 Å². The Hall–Kier alpha value is 0.580. The van der Waals surface area contributed by atoms with Crippen molar-refractivity contribution < 1.29 is 14.2 Å². The molecule has 5 heteroatoms. The maximum absolute atomic E-state index is 10.4. The lowest BCUT2D eigenvalue weighted by molar-refractivity contribution is 0.320. The summed E-state index contributed by atoms with van der Waals surface area (Å²) in [5, 5.41) is 8.16. The zero-order chi connectivity index (χ0) is 6.57. The third-order valence-corrected chi connectivity index (χ3v) is 3.63. The van der Waals surface area contributed by atoms with Crippen LogP contribution in [0.5, 0.6) is 0 Å². The fourth-order valence-corrected chi connectivity index (χ4v) is 1.50. The van der Waals surface area contributed by atoms with Crippen LogP contribution in [0.1, 0.15) is 0 Å². The van der Waals surface area contributed by atoms with Crippen LogP contribution >= 0.6 is 0 Å². The Labute approximate surface area is 53.9 Å². The van der Waals surface area contributed by atoms with E-state index in [2.05, 4.69) is 0 Å². The summed E-state index contributed by atoms with van der Waals surface area (Å²) >= 11 is 0. The minimum absolute atomic E-state index is 0.114. The highest BCUT2D eigenvalue weighted by atomic mass is 33.2. The molecule has 0 aliphatic carbocycles. The van der Waals surface area contributed by atoms with E-state index in [0.29, 0.717) is 0 Å². The van der Waals surface area contributed by atoms with Crippen LogP contribution in [-0.4, -0.2) is 32.8 Å². The van der Waals surface area contributed by atoms with Gasteiger partial charge in [0, 0.05) is 0 Å². The number of aliphatic hydroxyl groups excluding tert-OH is 1. The van der Waals surface area contributed by atoms with Gasteiger partial charge in [0.15, 0.2) is 26.2 Å². The number of aliphatic hydroxyl groups is 1. The molecule has 0 aromatic rings. The van der Waals surface area contributed by atoms with Crippen molar-refractivity contribution in [2.24, 2.45) is 0 Å². The first-order chi connectivity index (χ1) is 3.68. The fraction of sp³-hybridized carbons (Fsp3) is 1.00. The highest BCUT2D eigenvalue weighted by Crippen LogP contribution is 1.98. The van der Waals surface area contributed by atoms with Gasteiger partial charge in [-0.25, -0.2) is 0 Å². The van der Waals surface area contributed by atoms with E-state index in [1.54, 1.807) is 0 Å². The van der Waals surface area contributed by atoms with E-state index in [4.69, 9.17) is 5.11 Å². The lowest BCUT2D eigenvalue weighted by atomic mass is 10.9. The van der Waals surface area contributed by atoms with Crippen LogP contribution in [0.2, 0.25) is 0 Å². The summed E-state index contributed by atoms with van der Waals surface area (Å²) in [6, 6.07) is 0. The van der Waals surface area contributed by atoms with Crippen molar-refractivity contribution in [1.82, 2.24) is 0 Å². The summed E-state index contributed by atoms with van der Waals surface area (Å²) in [6.45, 7) is -0.161. The smallest absolute Gasteiger partial charge is 0.178 e. The normalized spacial score (nSPS) is 18.0. The predicted molar refractivity (Wildman–Crippen MR) is 34.2 cm³/mol. The van der Waals surface area contributed by atoms with Crippen molar-refractivity contribution in [3.05, 3.63) is 0 Å². The molecule has 0 aliphatic heterocycles. The Kier molecular flexibility index (Phi) is 4.78. The third-order valence-electron chi connectivity index (χ3n) is 0.520. The summed E-state index contributed by atoms with van der Waals surface area (Å²) < 4.78 is 20.6. The molecular weight excluding hydrogens is 148 g/mol. The first kappa shape index (κ1) is 8.58. The van der Waals surface area contributed by atoms with Crippen molar-refractivity contribution in [3.8, 4) is 0 Å². The average Bonchev–Trinajstić information content (AvgIpc) is 1.67. The van der Waals surface area contributed by atoms with E-state index in [1.807, 2.05) is 0 Å². The molecule has 0 rings (SSSR count). The Bertz CT molecular complexity index is 58.5. The average molecular weight is 156 g/mol. The van der Waals surface area contributed by atoms with Crippen molar-refractivity contribution >= 4 is 20.4 Å². The molecule has 1 N–H and O–H groups in total. The van der Waals surface area contributed by atoms with Crippen LogP contribution in [0.25, 0.3) is 0 Å². The van der Waals surface area contributed by atoms with E-state index < -0.39 is 20.4 Å². The quantitative estimate of drug-likeness (QED) is 0.422. The van der Waals surface area contributed by atoms with Gasteiger partial charge in [0.1, 0.15) is 6.26 Å². The molecule has 2 unspecified atom stereocenters. The molecule has 0 heterocycles. The Morgan fingerprint density at radius 1 is 1.50 bits per heavy atom. The second kappa shape index (κ2) is 4.46. The van der Waals surface area contributed by atoms with Crippen LogP contribution in [0.15, 0.2) is 0 Å². The molecule has 0 aromatic heterocycles. The molecule has 0 spiro atoms. The van der Waals surface area contributed by atoms with Gasteiger partial charge in [-0.15, -0.1) is 0 Å². The molecule has 0 saturated carbocycles. The van der Waals surface area contributed by atoms with Crippen LogP contribution < -0.4 is 0 Å². The van der Waals surface area contributed by atoms with Gasteiger partial charge in [-0.2, -0.15) is 0 Å². The standard InChI is InChI=1S/C3H8O3S2/c1-7(5)8(6)3-2-4/h4H,2-3H2,1H3. The Morgan fingerprint density at radius 3 is 2.12 bits per heavy atom. The highest BCUT2D eigenvalue weighted by molar-refractivity contribution is 8.66. The van der Waals surface area contributed by atoms with E-state index in [1.165, 1.54) is 6.26 Å². The third kappa shape index (κ3) is 3.57. The number of hydrogen-bond acceptors (Lipinski definition) is 3. The van der Waals surface area contributed by atoms with Gasteiger partial charge < -0.3 is 14.2 Å². The van der Waals surface area contributed by atoms with E-state index in [-0.39, 0.29) is 12.4 Å². The Balaban J connectivity index is 3.17. The fourth-order valence-electron chi connectivity index (χ4n) is 0.192. The van der Waals surface area contributed by atoms with E-state index in [0.717, 1.165) is 0 Å². The molecule has 0 radical (unpaired) electrons. The maximum atomic E-state index is 10.4. The summed E-state index contributed by atoms with van der Waals surface area (Å²) in [6.07, 6.45) is 1.35. The molecule has 0 fully saturated rings. The van der Waals surface area contributed by atoms with E-state index >= 15 is 0 Å². The zero-order valence-electron chi connectivity index (χ0n) is 4.49. The molecule has 3 nitrogen and oxygen atoms in total. The van der Waals surface area contributed by atoms with Crippen LogP contribution in [0, 0.1) is 0 Å². The van der Waals surface area contributed by atoms with Crippen molar-refractivity contribution in [2.75, 3.05) is 18.6 Å². The molecule has 0 bridgehead atoms. The second-order valence-corrected chi connectivity index (χ2v) is 5.47. The molecule has 0 amide bonds. The molecule has 8 heavy (non-hydrogen) atoms. The molecule has 0 saturated heterocycles. The van der Waals surface area contributed by atoms with Gasteiger partial charge in [-0.1, -0.05) is 0 Å². The topological polar surface area (TPSA) is 66.3 Å². The van der Waals surface area contributed by atoms with Crippen molar-refractivity contribution in [2.45, 2.75) is 0 Å². The molecule has 0 aromatic carbocycles. The number of hydrogen-bond donors (Lipinski definition) is 1. The minimum Gasteiger partial charge on any atom is -0.572 e. The van der Waals surface area contributed by atoms with Gasteiger partial charge in [0.05, 0.1) is 6.61 Å². The van der Waals surface area contributed by atoms with Gasteiger partial charge >= 0.3 is 0 Å². The van der Waals surface area contributed by atoms with Gasteiger partial charge in [0.25, 0.3) is 0 Å². The summed E-state index contributed by atoms with van der Waals surface area (Å²) in [5.41, 5.74) is 0. The predicted octanol–water partition coefficient (Wildman–Crippen LogP) is -0.979. The maximum Gasteiger partial charge on any atom is 0.178 e. The van der Waals surface area contributed by atoms with Crippen LogP contribution in [-0.2, 0) is 20.4 Å². The second-order valence-electron chi connectivity index (χ2n) is 1.13. The first-order valence-corrected chi connectivity index (χ1v) is 5.41. The molecule has 0 aliphatic rings. The minimum atomic E-state index is -1.35. The molecular formula is C3H8O3S2. The highest BCUT2D eigenvalue weighted by Gasteiger charge is 2.16. The SMILES string of the molecule is C[S+]([O-])[S+]([O-])CCO. The van der Waals surface area contributed by atoms with Crippen LogP contribution in [0.3, 0.4) is 0 Å². The van der Waals surface area contributed by atoms with Crippen LogP contribution in [0.4, 0.5) is 0 Å². The lowest BCUT2D eigenvalue weighted by Gasteiger charge is -2.05. The van der Waals surface area contributed by atoms with Gasteiger partial charge in [-0.05, 0) is 0 Å². The van der Waals surface area contributed by atoms with Gasteiger partial charge in [0.2, 0.25) is 0 Å². The first-order valence-electron chi connectivity index (χ1n) is 2.01. The summed E-state index contributed by atoms with van der Waals surface area (Å²) in [5.74, 6) is 0.114. The monoisotopic (exact) mass is 156 g/mol. The summed E-state index contributed by atoms with van der Waals surface area (Å²) in [7, 11) is -2.65. The Morgan fingerprint density at radius 2 is 2.00 bits per heavy atom. The lowest BCUT2D eigenvalue weighted by Crippen LogP contribution is -2.19. The number of rotatable bonds is 3. The molecule has 50 valence electrons. The molecule has 2 atom stereocenters. The van der Waals surface area contributed by atoms with Gasteiger partial charge in [-0.3, -0.25) is 0 Å².